The molecule has 0 heterocycles. The van der Waals surface area contributed by atoms with Crippen molar-refractivity contribution in [2.45, 2.75) is 44.7 Å². The number of hydrogen-bond donors (Lipinski definition) is 2. The molecule has 0 saturated heterocycles. The van der Waals surface area contributed by atoms with Crippen LogP contribution in [0.2, 0.25) is 0 Å². The van der Waals surface area contributed by atoms with Crippen molar-refractivity contribution in [2.75, 3.05) is 0 Å². The summed E-state index contributed by atoms with van der Waals surface area (Å²) < 4.78 is 0.767. The molecule has 1 aromatic rings. The lowest BCUT2D eigenvalue weighted by atomic mass is 10.0. The lowest BCUT2D eigenvalue weighted by molar-refractivity contribution is 0.358. The van der Waals surface area contributed by atoms with Gasteiger partial charge in [0, 0.05) is 17.6 Å². The van der Waals surface area contributed by atoms with Gasteiger partial charge in [0.25, 0.3) is 0 Å². The van der Waals surface area contributed by atoms with Crippen molar-refractivity contribution in [2.24, 2.45) is 0 Å². The van der Waals surface area contributed by atoms with Gasteiger partial charge in [-0.05, 0) is 41.8 Å². The predicted octanol–water partition coefficient (Wildman–Crippen LogP) is 3.58. The first kappa shape index (κ1) is 11.9. The number of nitrogens with one attached hydrogen (secondary N) is 1. The first-order valence-electron chi connectivity index (χ1n) is 5.82. The van der Waals surface area contributed by atoms with Crippen molar-refractivity contribution in [3.8, 4) is 5.75 Å². The summed E-state index contributed by atoms with van der Waals surface area (Å²) in [5.74, 6) is 0.358. The molecule has 0 bridgehead atoms. The fourth-order valence-corrected chi connectivity index (χ4v) is 2.75. The molecule has 0 unspecified atom stereocenters. The summed E-state index contributed by atoms with van der Waals surface area (Å²) in [5, 5.41) is 13.4. The molecule has 2 rings (SSSR count). The van der Waals surface area contributed by atoms with Gasteiger partial charge >= 0.3 is 0 Å². The van der Waals surface area contributed by atoms with E-state index >= 15 is 0 Å². The lowest BCUT2D eigenvalue weighted by Gasteiger charge is -2.25. The number of phenolic OH excluding ortho intramolecular Hbond substituents is 1. The van der Waals surface area contributed by atoms with Crippen molar-refractivity contribution in [1.29, 1.82) is 0 Å². The summed E-state index contributed by atoms with van der Waals surface area (Å²) in [6, 6.07) is 5.78. The Kier molecular flexibility index (Phi) is 3.55. The van der Waals surface area contributed by atoms with E-state index in [1.54, 1.807) is 0 Å². The van der Waals surface area contributed by atoms with Crippen molar-refractivity contribution in [1.82, 2.24) is 5.32 Å². The van der Waals surface area contributed by atoms with Crippen LogP contribution >= 0.6 is 15.9 Å². The highest BCUT2D eigenvalue weighted by Crippen LogP contribution is 2.31. The summed E-state index contributed by atoms with van der Waals surface area (Å²) in [4.78, 5) is 0. The predicted molar refractivity (Wildman–Crippen MR) is 69.5 cm³/mol. The quantitative estimate of drug-likeness (QED) is 0.889. The van der Waals surface area contributed by atoms with Crippen molar-refractivity contribution in [3.63, 3.8) is 0 Å². The molecule has 0 atom stereocenters. The molecule has 1 saturated carbocycles. The number of aromatic hydroxyl groups is 1. The Bertz CT molecular complexity index is 372. The fraction of sp³-hybridized carbons (Fsp3) is 0.538. The van der Waals surface area contributed by atoms with E-state index in [9.17, 15) is 5.11 Å². The maximum Gasteiger partial charge on any atom is 0.134 e. The SMILES string of the molecule is CC1(NCc2cccc(Br)c2O)CCCC1. The highest BCUT2D eigenvalue weighted by Gasteiger charge is 2.27. The van der Waals surface area contributed by atoms with Crippen LogP contribution in [0.15, 0.2) is 22.7 Å². The smallest absolute Gasteiger partial charge is 0.134 e. The third-order valence-electron chi connectivity index (χ3n) is 3.48. The molecule has 1 aliphatic rings. The van der Waals surface area contributed by atoms with Crippen molar-refractivity contribution in [3.05, 3.63) is 28.2 Å². The molecule has 3 heteroatoms. The van der Waals surface area contributed by atoms with Gasteiger partial charge in [-0.3, -0.25) is 0 Å². The number of phenols is 1. The molecule has 0 aromatic heterocycles. The van der Waals surface area contributed by atoms with E-state index < -0.39 is 0 Å². The summed E-state index contributed by atoms with van der Waals surface area (Å²) >= 11 is 3.34. The molecule has 1 aromatic carbocycles. The minimum absolute atomic E-state index is 0.259. The van der Waals surface area contributed by atoms with E-state index in [4.69, 9.17) is 0 Å². The lowest BCUT2D eigenvalue weighted by Crippen LogP contribution is -2.38. The van der Waals surface area contributed by atoms with E-state index in [1.165, 1.54) is 25.7 Å². The van der Waals surface area contributed by atoms with Gasteiger partial charge in [0.05, 0.1) is 4.47 Å². The zero-order valence-corrected chi connectivity index (χ0v) is 11.2. The second kappa shape index (κ2) is 4.76. The standard InChI is InChI=1S/C13H18BrNO/c1-13(7-2-3-8-13)15-9-10-5-4-6-11(14)12(10)16/h4-6,15-16H,2-3,7-9H2,1H3. The van der Waals surface area contributed by atoms with E-state index in [2.05, 4.69) is 28.2 Å². The summed E-state index contributed by atoms with van der Waals surface area (Å²) in [6.45, 7) is 3.01. The van der Waals surface area contributed by atoms with Crippen LogP contribution in [0, 0.1) is 0 Å². The Labute approximate surface area is 105 Å². The third-order valence-corrected chi connectivity index (χ3v) is 4.12. The number of hydrogen-bond acceptors (Lipinski definition) is 2. The van der Waals surface area contributed by atoms with Gasteiger partial charge in [-0.1, -0.05) is 25.0 Å². The van der Waals surface area contributed by atoms with Gasteiger partial charge in [-0.25, -0.2) is 0 Å². The molecule has 0 aliphatic heterocycles. The maximum absolute atomic E-state index is 9.87. The monoisotopic (exact) mass is 283 g/mol. The van der Waals surface area contributed by atoms with E-state index in [1.807, 2.05) is 18.2 Å². The molecule has 0 amide bonds. The summed E-state index contributed by atoms with van der Waals surface area (Å²) in [7, 11) is 0. The van der Waals surface area contributed by atoms with E-state index in [-0.39, 0.29) is 5.54 Å². The fourth-order valence-electron chi connectivity index (χ4n) is 2.34. The van der Waals surface area contributed by atoms with Crippen LogP contribution in [0.4, 0.5) is 0 Å². The van der Waals surface area contributed by atoms with Crippen LogP contribution < -0.4 is 5.32 Å². The zero-order chi connectivity index (χ0) is 11.6. The summed E-state index contributed by atoms with van der Waals surface area (Å²) in [6.07, 6.45) is 5.10. The molecule has 2 nitrogen and oxygen atoms in total. The maximum atomic E-state index is 9.87. The number of halogens is 1. The summed E-state index contributed by atoms with van der Waals surface area (Å²) in [5.41, 5.74) is 1.22. The van der Waals surface area contributed by atoms with Gasteiger partial charge in [0.2, 0.25) is 0 Å². The van der Waals surface area contributed by atoms with E-state index in [0.717, 1.165) is 16.6 Å². The zero-order valence-electron chi connectivity index (χ0n) is 9.59. The van der Waals surface area contributed by atoms with Crippen LogP contribution in [0.1, 0.15) is 38.2 Å². The first-order chi connectivity index (χ1) is 7.61. The van der Waals surface area contributed by atoms with Crippen LogP contribution in [0.3, 0.4) is 0 Å². The van der Waals surface area contributed by atoms with Crippen LogP contribution in [0.5, 0.6) is 5.75 Å². The van der Waals surface area contributed by atoms with Gasteiger partial charge in [0.1, 0.15) is 5.75 Å². The van der Waals surface area contributed by atoms with Gasteiger partial charge in [-0.2, -0.15) is 0 Å². The second-order valence-corrected chi connectivity index (χ2v) is 5.72. The van der Waals surface area contributed by atoms with Gasteiger partial charge < -0.3 is 10.4 Å². The molecular weight excluding hydrogens is 266 g/mol. The molecule has 16 heavy (non-hydrogen) atoms. The number of rotatable bonds is 3. The molecule has 0 spiro atoms. The van der Waals surface area contributed by atoms with Crippen LogP contribution in [0.25, 0.3) is 0 Å². The highest BCUT2D eigenvalue weighted by atomic mass is 79.9. The Balaban J connectivity index is 2.02. The third kappa shape index (κ3) is 2.58. The normalized spacial score (nSPS) is 18.9. The average Bonchev–Trinajstić information content (AvgIpc) is 2.68. The number of para-hydroxylation sites is 1. The van der Waals surface area contributed by atoms with Crippen LogP contribution in [-0.4, -0.2) is 10.6 Å². The van der Waals surface area contributed by atoms with Crippen molar-refractivity contribution >= 4 is 15.9 Å². The molecule has 2 N–H and O–H groups in total. The van der Waals surface area contributed by atoms with E-state index in [0.29, 0.717) is 5.75 Å². The van der Waals surface area contributed by atoms with Gasteiger partial charge in [0.15, 0.2) is 0 Å². The highest BCUT2D eigenvalue weighted by molar-refractivity contribution is 9.10. The Morgan fingerprint density at radius 3 is 2.75 bits per heavy atom. The topological polar surface area (TPSA) is 32.3 Å². The number of benzene rings is 1. The molecular formula is C13H18BrNO. The molecule has 1 fully saturated rings. The molecule has 88 valence electrons. The van der Waals surface area contributed by atoms with Gasteiger partial charge in [-0.15, -0.1) is 0 Å². The second-order valence-electron chi connectivity index (χ2n) is 4.87. The first-order valence-corrected chi connectivity index (χ1v) is 6.61. The average molecular weight is 284 g/mol. The Morgan fingerprint density at radius 2 is 2.06 bits per heavy atom. The minimum atomic E-state index is 0.259. The van der Waals surface area contributed by atoms with Crippen LogP contribution in [-0.2, 0) is 6.54 Å². The Hall–Kier alpha value is -0.540. The molecule has 0 radical (unpaired) electrons. The largest absolute Gasteiger partial charge is 0.506 e. The van der Waals surface area contributed by atoms with Crippen molar-refractivity contribution < 1.29 is 5.11 Å². The minimum Gasteiger partial charge on any atom is -0.506 e. The molecule has 1 aliphatic carbocycles. The Morgan fingerprint density at radius 1 is 1.38 bits per heavy atom.